The molecule has 1 aliphatic carbocycles. The third-order valence-corrected chi connectivity index (χ3v) is 14.1. The molecule has 0 fully saturated rings. The molecule has 10 nitrogen and oxygen atoms in total. The number of hydrogen-bond acceptors (Lipinski definition) is 10. The second-order valence-corrected chi connectivity index (χ2v) is 23.6. The highest BCUT2D eigenvalue weighted by molar-refractivity contribution is 5.65. The van der Waals surface area contributed by atoms with E-state index in [2.05, 4.69) is 130 Å². The second-order valence-electron chi connectivity index (χ2n) is 23.6. The molecule has 0 aliphatic heterocycles. The molecule has 0 saturated heterocycles. The van der Waals surface area contributed by atoms with Crippen molar-refractivity contribution in [2.24, 2.45) is 29.6 Å². The summed E-state index contributed by atoms with van der Waals surface area (Å²) in [4.78, 5) is 0. The first-order valence-electron chi connectivity index (χ1n) is 28.5. The van der Waals surface area contributed by atoms with Gasteiger partial charge in [-0.1, -0.05) is 69.2 Å². The quantitative estimate of drug-likeness (QED) is 0.0274. The average Bonchev–Trinajstić information content (AvgIpc) is 3.30. The number of anilines is 5. The molecule has 10 heteroatoms. The molecule has 5 aromatic rings. The van der Waals surface area contributed by atoms with Gasteiger partial charge in [0.05, 0.1) is 33.0 Å². The summed E-state index contributed by atoms with van der Waals surface area (Å²) >= 11 is 0. The van der Waals surface area contributed by atoms with E-state index in [0.717, 1.165) is 149 Å². The smallest absolute Gasteiger partial charge is 0.126 e. The van der Waals surface area contributed by atoms with Crippen molar-refractivity contribution in [1.82, 2.24) is 0 Å². The van der Waals surface area contributed by atoms with Crippen molar-refractivity contribution in [2.45, 2.75) is 166 Å². The highest BCUT2D eigenvalue weighted by Crippen LogP contribution is 2.43. The van der Waals surface area contributed by atoms with Crippen molar-refractivity contribution >= 4 is 28.4 Å². The van der Waals surface area contributed by atoms with Gasteiger partial charge in [0.25, 0.3) is 0 Å². The van der Waals surface area contributed by atoms with Crippen LogP contribution in [0, 0.1) is 29.6 Å². The lowest BCUT2D eigenvalue weighted by Gasteiger charge is -2.24. The van der Waals surface area contributed by atoms with Gasteiger partial charge in [-0.05, 0) is 154 Å². The van der Waals surface area contributed by atoms with Crippen LogP contribution in [0.5, 0.6) is 28.7 Å². The molecule has 1 aliphatic rings. The number of fused-ring (bicyclic) bond motifs is 10. The monoisotopic (exact) mass is 1030 g/mol. The summed E-state index contributed by atoms with van der Waals surface area (Å²) in [6.45, 7) is 25.3. The number of hydrogen-bond donors (Lipinski definition) is 5. The van der Waals surface area contributed by atoms with Crippen LogP contribution in [0.3, 0.4) is 0 Å². The Bertz CT molecular complexity index is 2090. The largest absolute Gasteiger partial charge is 0.493 e. The van der Waals surface area contributed by atoms with Crippen LogP contribution >= 0.6 is 0 Å². The van der Waals surface area contributed by atoms with Crippen molar-refractivity contribution in [3.8, 4) is 28.7 Å². The molecule has 0 atom stereocenters. The molecular formula is C65H95N5O5. The summed E-state index contributed by atoms with van der Waals surface area (Å²) in [6, 6.07) is 20.6. The van der Waals surface area contributed by atoms with Crippen molar-refractivity contribution in [3.63, 3.8) is 0 Å². The van der Waals surface area contributed by atoms with Gasteiger partial charge in [-0.25, -0.2) is 0 Å². The Balaban J connectivity index is 1.67. The molecule has 10 N–H and O–H groups in total. The van der Waals surface area contributed by atoms with Crippen molar-refractivity contribution in [2.75, 3.05) is 61.7 Å². The Kier molecular flexibility index (Phi) is 22.0. The van der Waals surface area contributed by atoms with Gasteiger partial charge in [0, 0.05) is 116 Å². The molecule has 0 radical (unpaired) electrons. The van der Waals surface area contributed by atoms with Gasteiger partial charge in [-0.2, -0.15) is 0 Å². The third kappa shape index (κ3) is 17.9. The zero-order chi connectivity index (χ0) is 54.2. The van der Waals surface area contributed by atoms with Crippen molar-refractivity contribution in [1.29, 1.82) is 0 Å². The second kappa shape index (κ2) is 28.3. The van der Waals surface area contributed by atoms with E-state index in [-0.39, 0.29) is 0 Å². The van der Waals surface area contributed by atoms with E-state index in [1.165, 1.54) is 0 Å². The van der Waals surface area contributed by atoms with Gasteiger partial charge >= 0.3 is 0 Å². The molecule has 6 rings (SSSR count). The first kappa shape index (κ1) is 58.4. The maximum atomic E-state index is 7.00. The van der Waals surface area contributed by atoms with Gasteiger partial charge in [-0.3, -0.25) is 0 Å². The highest BCUT2D eigenvalue weighted by Gasteiger charge is 2.25. The molecule has 410 valence electrons. The molecular weight excluding hydrogens is 931 g/mol. The SMILES string of the molecule is CC(C)CCCOc1c2cc(N)cc1Cc1cc(N)cc(c1OCCCC(C)C)Cc1cc(N)cc(c1OCCCC(C)C)Cc1cc(N)cc(c1OCCCC(C)C)Cc1cc(N)cc(c1OCCCC(C)C)C2. The Morgan fingerprint density at radius 3 is 0.520 bits per heavy atom. The van der Waals surface area contributed by atoms with Crippen LogP contribution in [-0.2, 0) is 32.1 Å². The van der Waals surface area contributed by atoms with Crippen LogP contribution in [-0.4, -0.2) is 33.0 Å². The fourth-order valence-electron chi connectivity index (χ4n) is 10.5. The first-order valence-corrected chi connectivity index (χ1v) is 28.5. The van der Waals surface area contributed by atoms with E-state index in [1.807, 2.05) is 0 Å². The first-order chi connectivity index (χ1) is 35.8. The number of nitrogens with two attached hydrogens (primary N) is 5. The molecule has 75 heavy (non-hydrogen) atoms. The van der Waals surface area contributed by atoms with Crippen LogP contribution in [0.1, 0.15) is 189 Å². The Morgan fingerprint density at radius 2 is 0.400 bits per heavy atom. The Morgan fingerprint density at radius 1 is 0.267 bits per heavy atom. The number of ether oxygens (including phenoxy) is 5. The summed E-state index contributed by atoms with van der Waals surface area (Å²) in [5.74, 6) is 6.77. The number of benzene rings is 5. The maximum absolute atomic E-state index is 7.00. The van der Waals surface area contributed by atoms with Gasteiger partial charge in [-0.15, -0.1) is 0 Å². The van der Waals surface area contributed by atoms with Crippen LogP contribution in [0.15, 0.2) is 60.7 Å². The van der Waals surface area contributed by atoms with Gasteiger partial charge in [0.15, 0.2) is 0 Å². The summed E-state index contributed by atoms with van der Waals surface area (Å²) in [7, 11) is 0. The number of rotatable bonds is 25. The fourth-order valence-corrected chi connectivity index (χ4v) is 10.5. The van der Waals surface area contributed by atoms with Crippen LogP contribution in [0.4, 0.5) is 28.4 Å². The highest BCUT2D eigenvalue weighted by atomic mass is 16.5. The standard InChI is InChI=1S/C65H95N5O5/c1-41(2)16-11-21-71-61-46-26-48-33-57(67)35-50(62(48)72-22-12-17-42(3)4)28-52-37-59(69)39-54(64(52)74-24-14-19-44(7)8)30-55-40-60(70)38-53(65(55)75-25-15-20-45(9)10)29-51-36-58(68)34-49(27-47(61)32-56(66)31-46)63(51)73-23-13-18-43(5)6/h31-45H,11-30,66-70H2,1-10H3. The predicted octanol–water partition coefficient (Wildman–Crippen LogP) is 14.9. The lowest BCUT2D eigenvalue weighted by molar-refractivity contribution is 0.287. The Labute approximate surface area is 452 Å². The lowest BCUT2D eigenvalue weighted by Crippen LogP contribution is -2.12. The molecule has 0 unspecified atom stereocenters. The molecule has 0 spiro atoms. The minimum Gasteiger partial charge on any atom is -0.493 e. The summed E-state index contributed by atoms with van der Waals surface area (Å²) < 4.78 is 35.0. The maximum Gasteiger partial charge on any atom is 0.126 e. The van der Waals surface area contributed by atoms with E-state index < -0.39 is 0 Å². The van der Waals surface area contributed by atoms with Gasteiger partial charge in [0.2, 0.25) is 0 Å². The Hall–Kier alpha value is -5.90. The average molecular weight is 1030 g/mol. The fraction of sp³-hybridized carbons (Fsp3) is 0.538. The van der Waals surface area contributed by atoms with E-state index in [9.17, 15) is 0 Å². The molecule has 0 amide bonds. The van der Waals surface area contributed by atoms with Gasteiger partial charge < -0.3 is 52.4 Å². The van der Waals surface area contributed by atoms with Crippen LogP contribution < -0.4 is 52.4 Å². The lowest BCUT2D eigenvalue weighted by atomic mass is 9.90. The molecule has 5 aromatic carbocycles. The molecule has 0 heterocycles. The third-order valence-electron chi connectivity index (χ3n) is 14.1. The zero-order valence-corrected chi connectivity index (χ0v) is 47.7. The minimum absolute atomic E-state index is 0.479. The van der Waals surface area contributed by atoms with E-state index in [0.29, 0.717) is 123 Å². The topological polar surface area (TPSA) is 176 Å². The van der Waals surface area contributed by atoms with Crippen molar-refractivity contribution in [3.05, 3.63) is 116 Å². The molecule has 0 aromatic heterocycles. The van der Waals surface area contributed by atoms with Crippen molar-refractivity contribution < 1.29 is 23.7 Å². The predicted molar refractivity (Wildman–Crippen MR) is 316 cm³/mol. The molecule has 0 saturated carbocycles. The summed E-state index contributed by atoms with van der Waals surface area (Å²) in [5.41, 5.74) is 47.7. The summed E-state index contributed by atoms with van der Waals surface area (Å²) in [6.07, 6.45) is 12.2. The van der Waals surface area contributed by atoms with E-state index in [4.69, 9.17) is 52.4 Å². The molecule has 10 bridgehead atoms. The summed E-state index contributed by atoms with van der Waals surface area (Å²) in [5, 5.41) is 0. The van der Waals surface area contributed by atoms with E-state index in [1.54, 1.807) is 0 Å². The zero-order valence-electron chi connectivity index (χ0n) is 47.7. The van der Waals surface area contributed by atoms with Crippen LogP contribution in [0.2, 0.25) is 0 Å². The van der Waals surface area contributed by atoms with Gasteiger partial charge in [0.1, 0.15) is 28.7 Å². The van der Waals surface area contributed by atoms with E-state index >= 15 is 0 Å². The number of nitrogen functional groups attached to an aromatic ring is 5. The normalized spacial score (nSPS) is 12.7. The minimum atomic E-state index is 0.479. The van der Waals surface area contributed by atoms with Crippen LogP contribution in [0.25, 0.3) is 0 Å².